The van der Waals surface area contributed by atoms with E-state index in [2.05, 4.69) is 10.3 Å². The molecule has 1 fully saturated rings. The third-order valence-corrected chi connectivity index (χ3v) is 6.40. The number of non-ortho nitro benzene ring substituents is 1. The standard InChI is InChI=1S/C25H19ClN4O4S/c1-33-21-10-9-17(14-18(21)26)29-24(23(28-25(29)35)19-4-2-3-13-27-19)22-12-11-20(34-22)15-5-7-16(8-6-15)30(31)32/h2-14,23-24H,1H3,(H,28,35)/t23-,24-/m0/s1. The number of benzene rings is 2. The number of furan rings is 1. The third kappa shape index (κ3) is 4.31. The van der Waals surface area contributed by atoms with E-state index in [1.54, 1.807) is 37.6 Å². The van der Waals surface area contributed by atoms with Gasteiger partial charge in [0.2, 0.25) is 0 Å². The summed E-state index contributed by atoms with van der Waals surface area (Å²) < 4.78 is 11.6. The van der Waals surface area contributed by atoms with E-state index < -0.39 is 4.92 Å². The van der Waals surface area contributed by atoms with E-state index in [0.717, 1.165) is 16.9 Å². The van der Waals surface area contributed by atoms with Crippen LogP contribution in [0.3, 0.4) is 0 Å². The van der Waals surface area contributed by atoms with Crippen molar-refractivity contribution in [2.45, 2.75) is 12.1 Å². The molecule has 2 aromatic heterocycles. The molecule has 10 heteroatoms. The molecule has 5 rings (SSSR count). The molecule has 0 amide bonds. The summed E-state index contributed by atoms with van der Waals surface area (Å²) in [5.74, 6) is 1.79. The lowest BCUT2D eigenvalue weighted by atomic mass is 10.0. The molecule has 0 bridgehead atoms. The lowest BCUT2D eigenvalue weighted by Gasteiger charge is -2.26. The molecule has 8 nitrogen and oxygen atoms in total. The number of methoxy groups -OCH3 is 1. The number of rotatable bonds is 6. The number of anilines is 1. The first-order valence-corrected chi connectivity index (χ1v) is 11.4. The number of thiocarbonyl (C=S) groups is 1. The van der Waals surface area contributed by atoms with Crippen LogP contribution < -0.4 is 15.0 Å². The van der Waals surface area contributed by atoms with Crippen LogP contribution in [0.5, 0.6) is 5.75 Å². The van der Waals surface area contributed by atoms with E-state index in [1.165, 1.54) is 12.1 Å². The van der Waals surface area contributed by atoms with Crippen LogP contribution in [0, 0.1) is 10.1 Å². The lowest BCUT2D eigenvalue weighted by Crippen LogP contribution is -2.29. The average molecular weight is 507 g/mol. The second-order valence-electron chi connectivity index (χ2n) is 7.82. The van der Waals surface area contributed by atoms with Gasteiger partial charge in [-0.1, -0.05) is 17.7 Å². The quantitative estimate of drug-likeness (QED) is 0.191. The molecule has 1 saturated heterocycles. The third-order valence-electron chi connectivity index (χ3n) is 5.79. The van der Waals surface area contributed by atoms with Gasteiger partial charge in [-0.05, 0) is 66.8 Å². The first-order valence-electron chi connectivity index (χ1n) is 10.6. The molecule has 2 aromatic carbocycles. The van der Waals surface area contributed by atoms with Gasteiger partial charge in [-0.2, -0.15) is 0 Å². The summed E-state index contributed by atoms with van der Waals surface area (Å²) in [4.78, 5) is 17.0. The first kappa shape index (κ1) is 22.8. The summed E-state index contributed by atoms with van der Waals surface area (Å²) in [5.41, 5.74) is 2.31. The van der Waals surface area contributed by atoms with Gasteiger partial charge < -0.3 is 19.4 Å². The summed E-state index contributed by atoms with van der Waals surface area (Å²) in [7, 11) is 1.56. The fourth-order valence-electron chi connectivity index (χ4n) is 4.14. The van der Waals surface area contributed by atoms with Crippen molar-refractivity contribution in [3.63, 3.8) is 0 Å². The fraction of sp³-hybridized carbons (Fsp3) is 0.120. The average Bonchev–Trinajstić information content (AvgIpc) is 3.49. The molecule has 176 valence electrons. The molecule has 0 radical (unpaired) electrons. The van der Waals surface area contributed by atoms with Crippen LogP contribution in [0.15, 0.2) is 83.4 Å². The highest BCUT2D eigenvalue weighted by Crippen LogP contribution is 2.44. The Bertz CT molecular complexity index is 1390. The van der Waals surface area contributed by atoms with Crippen molar-refractivity contribution >= 4 is 40.3 Å². The highest BCUT2D eigenvalue weighted by molar-refractivity contribution is 7.80. The lowest BCUT2D eigenvalue weighted by molar-refractivity contribution is -0.384. The number of nitro groups is 1. The van der Waals surface area contributed by atoms with Crippen LogP contribution in [0.1, 0.15) is 23.5 Å². The SMILES string of the molecule is COc1ccc(N2C(=S)N[C@@H](c3ccccn3)[C@@H]2c2ccc(-c3ccc([N+](=O)[O-])cc3)o2)cc1Cl. The Kier molecular flexibility index (Phi) is 6.10. The molecule has 35 heavy (non-hydrogen) atoms. The van der Waals surface area contributed by atoms with Gasteiger partial charge in [-0.3, -0.25) is 15.1 Å². The van der Waals surface area contributed by atoms with Gasteiger partial charge in [0.25, 0.3) is 5.69 Å². The maximum atomic E-state index is 11.0. The van der Waals surface area contributed by atoms with Crippen molar-refractivity contribution < 1.29 is 14.1 Å². The topological polar surface area (TPSA) is 93.7 Å². The predicted octanol–water partition coefficient (Wildman–Crippen LogP) is 6.09. The normalized spacial score (nSPS) is 17.3. The Balaban J connectivity index is 1.57. The summed E-state index contributed by atoms with van der Waals surface area (Å²) in [6.45, 7) is 0. The Morgan fingerprint density at radius 1 is 1.14 bits per heavy atom. The molecule has 0 unspecified atom stereocenters. The second kappa shape index (κ2) is 9.36. The molecule has 1 N–H and O–H groups in total. The molecular formula is C25H19ClN4O4S. The van der Waals surface area contributed by atoms with Crippen molar-refractivity contribution in [2.75, 3.05) is 12.0 Å². The van der Waals surface area contributed by atoms with Gasteiger partial charge in [-0.25, -0.2) is 0 Å². The Hall–Kier alpha value is -3.95. The van der Waals surface area contributed by atoms with Crippen molar-refractivity contribution in [1.82, 2.24) is 10.3 Å². The molecule has 1 aliphatic heterocycles. The number of hydrogen-bond donors (Lipinski definition) is 1. The largest absolute Gasteiger partial charge is 0.495 e. The highest BCUT2D eigenvalue weighted by Gasteiger charge is 2.42. The molecule has 2 atom stereocenters. The molecular weight excluding hydrogens is 488 g/mol. The zero-order valence-electron chi connectivity index (χ0n) is 18.4. The van der Waals surface area contributed by atoms with E-state index in [0.29, 0.717) is 27.4 Å². The van der Waals surface area contributed by atoms with Crippen LogP contribution in [-0.4, -0.2) is 22.1 Å². The van der Waals surface area contributed by atoms with Crippen molar-refractivity contribution in [1.29, 1.82) is 0 Å². The zero-order valence-corrected chi connectivity index (χ0v) is 20.0. The van der Waals surface area contributed by atoms with Gasteiger partial charge in [0, 0.05) is 29.6 Å². The van der Waals surface area contributed by atoms with E-state index in [1.807, 2.05) is 41.3 Å². The number of nitro benzene ring substituents is 1. The minimum Gasteiger partial charge on any atom is -0.495 e. The predicted molar refractivity (Wildman–Crippen MR) is 137 cm³/mol. The van der Waals surface area contributed by atoms with Crippen LogP contribution in [0.25, 0.3) is 11.3 Å². The van der Waals surface area contributed by atoms with Crippen LogP contribution >= 0.6 is 23.8 Å². The minimum atomic E-state index is -0.433. The van der Waals surface area contributed by atoms with Crippen LogP contribution in [0.2, 0.25) is 5.02 Å². The van der Waals surface area contributed by atoms with Gasteiger partial charge in [0.05, 0.1) is 28.8 Å². The van der Waals surface area contributed by atoms with Gasteiger partial charge in [0.1, 0.15) is 23.3 Å². The van der Waals surface area contributed by atoms with E-state index in [-0.39, 0.29) is 17.8 Å². The smallest absolute Gasteiger partial charge is 0.269 e. The second-order valence-corrected chi connectivity index (χ2v) is 8.62. The minimum absolute atomic E-state index is 0.0173. The number of ether oxygens (including phenoxy) is 1. The van der Waals surface area contributed by atoms with Gasteiger partial charge in [-0.15, -0.1) is 0 Å². The van der Waals surface area contributed by atoms with Crippen LogP contribution in [-0.2, 0) is 0 Å². The Morgan fingerprint density at radius 2 is 1.94 bits per heavy atom. The molecule has 0 saturated carbocycles. The number of aromatic nitrogens is 1. The molecule has 1 aliphatic rings. The fourth-order valence-corrected chi connectivity index (χ4v) is 4.74. The highest BCUT2D eigenvalue weighted by atomic mass is 35.5. The van der Waals surface area contributed by atoms with Crippen molar-refractivity contribution in [3.05, 3.63) is 106 Å². The Morgan fingerprint density at radius 3 is 2.60 bits per heavy atom. The van der Waals surface area contributed by atoms with E-state index >= 15 is 0 Å². The summed E-state index contributed by atoms with van der Waals surface area (Å²) in [6.07, 6.45) is 1.73. The molecule has 0 aliphatic carbocycles. The van der Waals surface area contributed by atoms with Crippen molar-refractivity contribution in [3.8, 4) is 17.1 Å². The van der Waals surface area contributed by atoms with Crippen molar-refractivity contribution in [2.24, 2.45) is 0 Å². The molecule has 4 aromatic rings. The number of halogens is 1. The number of hydrogen-bond acceptors (Lipinski definition) is 6. The van der Waals surface area contributed by atoms with E-state index in [4.69, 9.17) is 33.0 Å². The van der Waals surface area contributed by atoms with E-state index in [9.17, 15) is 10.1 Å². The number of pyridine rings is 1. The number of nitrogens with zero attached hydrogens (tertiary/aromatic N) is 3. The van der Waals surface area contributed by atoms with Gasteiger partial charge in [0.15, 0.2) is 5.11 Å². The number of nitrogens with one attached hydrogen (secondary N) is 1. The summed E-state index contributed by atoms with van der Waals surface area (Å²) >= 11 is 12.2. The molecule has 0 spiro atoms. The maximum Gasteiger partial charge on any atom is 0.269 e. The Labute approximate surface area is 211 Å². The summed E-state index contributed by atoms with van der Waals surface area (Å²) in [6, 6.07) is 20.5. The first-order chi connectivity index (χ1) is 17.0. The summed E-state index contributed by atoms with van der Waals surface area (Å²) in [5, 5.41) is 15.3. The monoisotopic (exact) mass is 506 g/mol. The van der Waals surface area contributed by atoms with Crippen LogP contribution in [0.4, 0.5) is 11.4 Å². The van der Waals surface area contributed by atoms with Gasteiger partial charge >= 0.3 is 0 Å². The molecule has 3 heterocycles. The zero-order chi connectivity index (χ0) is 24.5. The maximum absolute atomic E-state index is 11.0.